The quantitative estimate of drug-likeness (QED) is 0.811. The Kier molecular flexibility index (Phi) is 3.27. The molecule has 0 spiro atoms. The highest BCUT2D eigenvalue weighted by Gasteiger charge is 2.27. The van der Waals surface area contributed by atoms with Gasteiger partial charge in [-0.2, -0.15) is 0 Å². The molecule has 0 bridgehead atoms. The van der Waals surface area contributed by atoms with E-state index in [1.165, 1.54) is 0 Å². The molecule has 1 atom stereocenters. The molecular weight excluding hydrogens is 220 g/mol. The molecule has 1 aliphatic rings. The number of carbonyl (C=O) groups excluding carboxylic acids is 2. The lowest BCUT2D eigenvalue weighted by atomic mass is 10.1. The van der Waals surface area contributed by atoms with E-state index in [4.69, 9.17) is 4.74 Å². The van der Waals surface area contributed by atoms with Crippen LogP contribution in [0.25, 0.3) is 0 Å². The van der Waals surface area contributed by atoms with Gasteiger partial charge in [-0.15, -0.1) is 0 Å². The number of hydrogen-bond acceptors (Lipinski definition) is 3. The molecule has 1 fully saturated rings. The van der Waals surface area contributed by atoms with Gasteiger partial charge in [-0.1, -0.05) is 6.07 Å². The Labute approximate surface area is 99.2 Å². The lowest BCUT2D eigenvalue weighted by Crippen LogP contribution is -2.24. The molecule has 2 N–H and O–H groups in total. The van der Waals surface area contributed by atoms with Crippen LogP contribution in [0.5, 0.6) is 5.75 Å². The van der Waals surface area contributed by atoms with Crippen molar-refractivity contribution >= 4 is 17.5 Å². The van der Waals surface area contributed by atoms with E-state index in [0.717, 1.165) is 0 Å². The van der Waals surface area contributed by atoms with Gasteiger partial charge in [-0.05, 0) is 12.1 Å². The van der Waals surface area contributed by atoms with Gasteiger partial charge < -0.3 is 15.4 Å². The van der Waals surface area contributed by atoms with Crippen LogP contribution in [0.3, 0.4) is 0 Å². The van der Waals surface area contributed by atoms with Crippen molar-refractivity contribution in [1.82, 2.24) is 5.32 Å². The number of carbonyl (C=O) groups is 2. The molecule has 2 amide bonds. The number of hydrogen-bond donors (Lipinski definition) is 2. The van der Waals surface area contributed by atoms with Crippen LogP contribution in [-0.4, -0.2) is 25.5 Å². The van der Waals surface area contributed by atoms with E-state index >= 15 is 0 Å². The Morgan fingerprint density at radius 1 is 1.53 bits per heavy atom. The summed E-state index contributed by atoms with van der Waals surface area (Å²) in [6, 6.07) is 7.12. The van der Waals surface area contributed by atoms with Crippen molar-refractivity contribution in [2.45, 2.75) is 6.42 Å². The summed E-state index contributed by atoms with van der Waals surface area (Å²) in [5, 5.41) is 5.40. The van der Waals surface area contributed by atoms with Crippen LogP contribution in [0.4, 0.5) is 5.69 Å². The zero-order chi connectivity index (χ0) is 12.3. The van der Waals surface area contributed by atoms with E-state index in [9.17, 15) is 9.59 Å². The number of methoxy groups -OCH3 is 1. The molecule has 1 aromatic rings. The van der Waals surface area contributed by atoms with Gasteiger partial charge in [0, 0.05) is 24.7 Å². The summed E-state index contributed by atoms with van der Waals surface area (Å²) in [6.07, 6.45) is 0.260. The second-order valence-corrected chi connectivity index (χ2v) is 3.93. The first-order valence-electron chi connectivity index (χ1n) is 5.40. The van der Waals surface area contributed by atoms with Gasteiger partial charge >= 0.3 is 0 Å². The molecule has 1 unspecified atom stereocenters. The van der Waals surface area contributed by atoms with E-state index in [1.54, 1.807) is 31.4 Å². The van der Waals surface area contributed by atoms with Gasteiger partial charge in [-0.3, -0.25) is 9.59 Å². The molecule has 0 aliphatic carbocycles. The molecule has 90 valence electrons. The smallest absolute Gasteiger partial charge is 0.229 e. The number of ether oxygens (including phenoxy) is 1. The number of benzene rings is 1. The van der Waals surface area contributed by atoms with Gasteiger partial charge in [-0.25, -0.2) is 0 Å². The maximum absolute atomic E-state index is 11.8. The minimum Gasteiger partial charge on any atom is -0.497 e. The highest BCUT2D eigenvalue weighted by Crippen LogP contribution is 2.18. The van der Waals surface area contributed by atoms with Crippen molar-refractivity contribution in [3.8, 4) is 5.75 Å². The van der Waals surface area contributed by atoms with Crippen molar-refractivity contribution in [3.63, 3.8) is 0 Å². The van der Waals surface area contributed by atoms with Crippen LogP contribution >= 0.6 is 0 Å². The number of amides is 2. The molecule has 5 nitrogen and oxygen atoms in total. The summed E-state index contributed by atoms with van der Waals surface area (Å²) >= 11 is 0. The number of anilines is 1. The van der Waals surface area contributed by atoms with Crippen LogP contribution in [0.1, 0.15) is 6.42 Å². The zero-order valence-corrected chi connectivity index (χ0v) is 9.53. The summed E-state index contributed by atoms with van der Waals surface area (Å²) in [5.74, 6) is 0.185. The molecule has 0 saturated carbocycles. The molecule has 1 aromatic carbocycles. The Bertz CT molecular complexity index is 445. The Hall–Kier alpha value is -2.04. The van der Waals surface area contributed by atoms with Gasteiger partial charge in [0.2, 0.25) is 11.8 Å². The van der Waals surface area contributed by atoms with E-state index < -0.39 is 0 Å². The average Bonchev–Trinajstić information content (AvgIpc) is 2.76. The average molecular weight is 234 g/mol. The largest absolute Gasteiger partial charge is 0.497 e. The topological polar surface area (TPSA) is 67.4 Å². The van der Waals surface area contributed by atoms with Gasteiger partial charge in [0.1, 0.15) is 5.75 Å². The minimum atomic E-state index is -0.284. The third kappa shape index (κ3) is 2.75. The Balaban J connectivity index is 2.00. The van der Waals surface area contributed by atoms with Gasteiger partial charge in [0.25, 0.3) is 0 Å². The van der Waals surface area contributed by atoms with Crippen LogP contribution in [0.2, 0.25) is 0 Å². The van der Waals surface area contributed by atoms with Gasteiger partial charge in [0.05, 0.1) is 13.0 Å². The predicted octanol–water partition coefficient (Wildman–Crippen LogP) is 0.770. The van der Waals surface area contributed by atoms with Crippen LogP contribution in [-0.2, 0) is 9.59 Å². The first-order chi connectivity index (χ1) is 8.19. The SMILES string of the molecule is COc1cccc(NC(=O)C2CNC(=O)C2)c1. The molecule has 5 heteroatoms. The number of nitrogens with one attached hydrogen (secondary N) is 2. The lowest BCUT2D eigenvalue weighted by molar-refractivity contribution is -0.123. The van der Waals surface area contributed by atoms with Crippen molar-refractivity contribution in [3.05, 3.63) is 24.3 Å². The maximum Gasteiger partial charge on any atom is 0.229 e. The van der Waals surface area contributed by atoms with E-state index in [2.05, 4.69) is 10.6 Å². The lowest BCUT2D eigenvalue weighted by Gasteiger charge is -2.09. The highest BCUT2D eigenvalue weighted by molar-refractivity contribution is 5.97. The van der Waals surface area contributed by atoms with E-state index in [1.807, 2.05) is 0 Å². The molecule has 17 heavy (non-hydrogen) atoms. The second kappa shape index (κ2) is 4.86. The summed E-state index contributed by atoms with van der Waals surface area (Å²) < 4.78 is 5.06. The third-order valence-corrected chi connectivity index (χ3v) is 2.69. The van der Waals surface area contributed by atoms with Gasteiger partial charge in [0.15, 0.2) is 0 Å². The maximum atomic E-state index is 11.8. The van der Waals surface area contributed by atoms with Crippen molar-refractivity contribution in [1.29, 1.82) is 0 Å². The highest BCUT2D eigenvalue weighted by atomic mass is 16.5. The van der Waals surface area contributed by atoms with E-state index in [0.29, 0.717) is 18.0 Å². The molecule has 1 heterocycles. The minimum absolute atomic E-state index is 0.0733. The number of rotatable bonds is 3. The summed E-state index contributed by atoms with van der Waals surface area (Å²) in [5.41, 5.74) is 0.675. The molecule has 0 aromatic heterocycles. The van der Waals surface area contributed by atoms with Crippen LogP contribution in [0, 0.1) is 5.92 Å². The first kappa shape index (κ1) is 11.4. The molecule has 0 radical (unpaired) electrons. The molecule has 1 aliphatic heterocycles. The predicted molar refractivity (Wildman–Crippen MR) is 62.7 cm³/mol. The molecular formula is C12H14N2O3. The van der Waals surface area contributed by atoms with Crippen molar-refractivity contribution in [2.24, 2.45) is 5.92 Å². The zero-order valence-electron chi connectivity index (χ0n) is 9.53. The monoisotopic (exact) mass is 234 g/mol. The van der Waals surface area contributed by atoms with E-state index in [-0.39, 0.29) is 24.2 Å². The van der Waals surface area contributed by atoms with Crippen molar-refractivity contribution in [2.75, 3.05) is 19.0 Å². The summed E-state index contributed by atoms with van der Waals surface area (Å²) in [6.45, 7) is 0.411. The molecule has 1 saturated heterocycles. The molecule has 2 rings (SSSR count). The Morgan fingerprint density at radius 2 is 2.35 bits per heavy atom. The Morgan fingerprint density at radius 3 is 3.00 bits per heavy atom. The first-order valence-corrected chi connectivity index (χ1v) is 5.40. The fraction of sp³-hybridized carbons (Fsp3) is 0.333. The summed E-state index contributed by atoms with van der Waals surface area (Å²) in [4.78, 5) is 22.8. The second-order valence-electron chi connectivity index (χ2n) is 3.93. The summed E-state index contributed by atoms with van der Waals surface area (Å²) in [7, 11) is 1.57. The van der Waals surface area contributed by atoms with Crippen LogP contribution in [0.15, 0.2) is 24.3 Å². The standard InChI is InChI=1S/C12H14N2O3/c1-17-10-4-2-3-9(6-10)14-12(16)8-5-11(15)13-7-8/h2-4,6,8H,5,7H2,1H3,(H,13,15)(H,14,16). The fourth-order valence-corrected chi connectivity index (χ4v) is 1.74. The third-order valence-electron chi connectivity index (χ3n) is 2.69. The fourth-order valence-electron chi connectivity index (χ4n) is 1.74. The van der Waals surface area contributed by atoms with Crippen LogP contribution < -0.4 is 15.4 Å². The normalized spacial score (nSPS) is 18.6. The van der Waals surface area contributed by atoms with Crippen molar-refractivity contribution < 1.29 is 14.3 Å².